The van der Waals surface area contributed by atoms with Crippen LogP contribution in [0.2, 0.25) is 0 Å². The second-order valence-corrected chi connectivity index (χ2v) is 5.77. The quantitative estimate of drug-likeness (QED) is 0.804. The van der Waals surface area contributed by atoms with Crippen LogP contribution in [0.3, 0.4) is 0 Å². The fourth-order valence-corrected chi connectivity index (χ4v) is 2.72. The van der Waals surface area contributed by atoms with Crippen LogP contribution in [0.5, 0.6) is 0 Å². The lowest BCUT2D eigenvalue weighted by atomic mass is 9.86. The van der Waals surface area contributed by atoms with Crippen molar-refractivity contribution in [1.82, 2.24) is 4.72 Å². The minimum atomic E-state index is -4.21. The van der Waals surface area contributed by atoms with Crippen molar-refractivity contribution < 1.29 is 21.6 Å². The van der Waals surface area contributed by atoms with Crippen LogP contribution in [-0.4, -0.2) is 26.9 Å². The number of rotatable bonds is 2. The van der Waals surface area contributed by atoms with E-state index in [1.54, 1.807) is 0 Å². The van der Waals surface area contributed by atoms with Crippen molar-refractivity contribution in [2.45, 2.75) is 37.9 Å². The van der Waals surface area contributed by atoms with Gasteiger partial charge in [0.2, 0.25) is 10.0 Å². The topological polar surface area (TPSA) is 46.2 Å². The Labute approximate surface area is 87.1 Å². The Balaban J connectivity index is 2.57. The second-order valence-electron chi connectivity index (χ2n) is 3.99. The maximum absolute atomic E-state index is 12.4. The second kappa shape index (κ2) is 4.29. The molecule has 1 saturated carbocycles. The van der Waals surface area contributed by atoms with Gasteiger partial charge in [-0.3, -0.25) is 0 Å². The van der Waals surface area contributed by atoms with Gasteiger partial charge >= 0.3 is 6.18 Å². The number of nitrogens with one attached hydrogen (secondary N) is 1. The predicted octanol–water partition coefficient (Wildman–Crippen LogP) is 1.66. The van der Waals surface area contributed by atoms with Crippen molar-refractivity contribution in [2.75, 3.05) is 6.26 Å². The highest BCUT2D eigenvalue weighted by atomic mass is 32.2. The molecule has 90 valence electrons. The summed E-state index contributed by atoms with van der Waals surface area (Å²) in [6, 6.07) is -0.569. The molecule has 1 rings (SSSR count). The molecule has 0 aliphatic heterocycles. The molecule has 1 aliphatic rings. The SMILES string of the molecule is CS(=O)(=O)N[C@@H]1CCC[C@@H](C(F)(F)F)C1. The van der Waals surface area contributed by atoms with Crippen LogP contribution in [0, 0.1) is 5.92 Å². The third kappa shape index (κ3) is 4.38. The summed E-state index contributed by atoms with van der Waals surface area (Å²) in [5.74, 6) is -1.37. The smallest absolute Gasteiger partial charge is 0.213 e. The maximum atomic E-state index is 12.4. The van der Waals surface area contributed by atoms with Crippen LogP contribution < -0.4 is 4.72 Å². The lowest BCUT2D eigenvalue weighted by Gasteiger charge is -2.30. The molecule has 3 nitrogen and oxygen atoms in total. The average molecular weight is 245 g/mol. The summed E-state index contributed by atoms with van der Waals surface area (Å²) in [5, 5.41) is 0. The maximum Gasteiger partial charge on any atom is 0.391 e. The monoisotopic (exact) mass is 245 g/mol. The van der Waals surface area contributed by atoms with E-state index in [0.29, 0.717) is 12.8 Å². The largest absolute Gasteiger partial charge is 0.391 e. The first kappa shape index (κ1) is 12.8. The zero-order chi connectivity index (χ0) is 11.7. The molecule has 0 bridgehead atoms. The van der Waals surface area contributed by atoms with E-state index in [9.17, 15) is 21.6 Å². The number of sulfonamides is 1. The highest BCUT2D eigenvalue weighted by Gasteiger charge is 2.42. The summed E-state index contributed by atoms with van der Waals surface area (Å²) in [6.07, 6.45) is -2.39. The van der Waals surface area contributed by atoms with Gasteiger partial charge in [0.05, 0.1) is 12.2 Å². The molecule has 15 heavy (non-hydrogen) atoms. The number of hydrogen-bond donors (Lipinski definition) is 1. The van der Waals surface area contributed by atoms with Gasteiger partial charge < -0.3 is 0 Å². The Morgan fingerprint density at radius 3 is 2.33 bits per heavy atom. The van der Waals surface area contributed by atoms with E-state index in [1.807, 2.05) is 0 Å². The van der Waals surface area contributed by atoms with Gasteiger partial charge in [-0.15, -0.1) is 0 Å². The third-order valence-corrected chi connectivity index (χ3v) is 3.28. The Morgan fingerprint density at radius 2 is 1.87 bits per heavy atom. The van der Waals surface area contributed by atoms with Gasteiger partial charge in [-0.25, -0.2) is 13.1 Å². The molecule has 0 saturated heterocycles. The molecular weight excluding hydrogens is 231 g/mol. The minimum Gasteiger partial charge on any atom is -0.213 e. The first-order valence-electron chi connectivity index (χ1n) is 4.72. The van der Waals surface area contributed by atoms with Crippen molar-refractivity contribution in [3.8, 4) is 0 Å². The van der Waals surface area contributed by atoms with Crippen LogP contribution in [0.4, 0.5) is 13.2 Å². The normalized spacial score (nSPS) is 29.1. The minimum absolute atomic E-state index is 0.103. The molecule has 0 aromatic heterocycles. The lowest BCUT2D eigenvalue weighted by Crippen LogP contribution is -2.41. The molecule has 1 fully saturated rings. The molecule has 0 aromatic rings. The summed E-state index contributed by atoms with van der Waals surface area (Å²) in [7, 11) is -3.41. The molecule has 0 amide bonds. The number of halogens is 3. The third-order valence-electron chi connectivity index (χ3n) is 2.52. The van der Waals surface area contributed by atoms with Crippen LogP contribution in [0.25, 0.3) is 0 Å². The van der Waals surface area contributed by atoms with E-state index in [-0.39, 0.29) is 12.8 Å². The molecule has 0 heterocycles. The molecular formula is C8H14F3NO2S. The van der Waals surface area contributed by atoms with Crippen molar-refractivity contribution in [3.63, 3.8) is 0 Å². The van der Waals surface area contributed by atoms with Gasteiger partial charge in [0, 0.05) is 6.04 Å². The number of hydrogen-bond acceptors (Lipinski definition) is 2. The first-order valence-corrected chi connectivity index (χ1v) is 6.61. The fourth-order valence-electron chi connectivity index (χ4n) is 1.90. The summed E-state index contributed by atoms with van der Waals surface area (Å²) in [5.41, 5.74) is 0. The Bertz CT molecular complexity index is 312. The van der Waals surface area contributed by atoms with E-state index in [1.165, 1.54) is 0 Å². The standard InChI is InChI=1S/C8H14F3NO2S/c1-15(13,14)12-7-4-2-3-6(5-7)8(9,10)11/h6-7,12H,2-5H2,1H3/t6-,7-/m1/s1. The predicted molar refractivity (Wildman–Crippen MR) is 49.8 cm³/mol. The zero-order valence-corrected chi connectivity index (χ0v) is 9.16. The van der Waals surface area contributed by atoms with Crippen LogP contribution >= 0.6 is 0 Å². The van der Waals surface area contributed by atoms with Gasteiger partial charge in [0.15, 0.2) is 0 Å². The average Bonchev–Trinajstić information content (AvgIpc) is 1.99. The van der Waals surface area contributed by atoms with E-state index in [4.69, 9.17) is 0 Å². The van der Waals surface area contributed by atoms with Crippen molar-refractivity contribution in [3.05, 3.63) is 0 Å². The molecule has 0 spiro atoms. The molecule has 1 N–H and O–H groups in total. The van der Waals surface area contributed by atoms with Crippen molar-refractivity contribution in [1.29, 1.82) is 0 Å². The van der Waals surface area contributed by atoms with Crippen LogP contribution in [-0.2, 0) is 10.0 Å². The zero-order valence-electron chi connectivity index (χ0n) is 8.34. The van der Waals surface area contributed by atoms with Gasteiger partial charge in [0.25, 0.3) is 0 Å². The molecule has 7 heteroatoms. The van der Waals surface area contributed by atoms with Crippen molar-refractivity contribution >= 4 is 10.0 Å². The van der Waals surface area contributed by atoms with E-state index < -0.39 is 28.2 Å². The van der Waals surface area contributed by atoms with Gasteiger partial charge in [0.1, 0.15) is 0 Å². The summed E-state index contributed by atoms with van der Waals surface area (Å²) < 4.78 is 61.1. The molecule has 0 unspecified atom stereocenters. The lowest BCUT2D eigenvalue weighted by molar-refractivity contribution is -0.183. The summed E-state index contributed by atoms with van der Waals surface area (Å²) in [6.45, 7) is 0. The highest BCUT2D eigenvalue weighted by molar-refractivity contribution is 7.88. The van der Waals surface area contributed by atoms with E-state index in [2.05, 4.69) is 4.72 Å². The molecule has 2 atom stereocenters. The van der Waals surface area contributed by atoms with Crippen molar-refractivity contribution in [2.24, 2.45) is 5.92 Å². The van der Waals surface area contributed by atoms with Crippen LogP contribution in [0.15, 0.2) is 0 Å². The van der Waals surface area contributed by atoms with Gasteiger partial charge in [-0.05, 0) is 19.3 Å². The fraction of sp³-hybridized carbons (Fsp3) is 1.00. The summed E-state index contributed by atoms with van der Waals surface area (Å²) >= 11 is 0. The summed E-state index contributed by atoms with van der Waals surface area (Å²) in [4.78, 5) is 0. The van der Waals surface area contributed by atoms with E-state index >= 15 is 0 Å². The number of alkyl halides is 3. The molecule has 0 aromatic carbocycles. The first-order chi connectivity index (χ1) is 6.68. The van der Waals surface area contributed by atoms with Gasteiger partial charge in [-0.2, -0.15) is 13.2 Å². The molecule has 1 aliphatic carbocycles. The van der Waals surface area contributed by atoms with E-state index in [0.717, 1.165) is 6.26 Å². The van der Waals surface area contributed by atoms with Crippen LogP contribution in [0.1, 0.15) is 25.7 Å². The Hall–Kier alpha value is -0.300. The highest BCUT2D eigenvalue weighted by Crippen LogP contribution is 2.37. The Kier molecular flexibility index (Phi) is 3.65. The molecule has 0 radical (unpaired) electrons. The van der Waals surface area contributed by atoms with Gasteiger partial charge in [-0.1, -0.05) is 6.42 Å². The Morgan fingerprint density at radius 1 is 1.27 bits per heavy atom.